The lowest BCUT2D eigenvalue weighted by Gasteiger charge is -2.26. The van der Waals surface area contributed by atoms with Crippen LogP contribution in [0.25, 0.3) is 11.0 Å². The molecule has 1 heterocycles. The van der Waals surface area contributed by atoms with Gasteiger partial charge in [-0.15, -0.1) is 0 Å². The van der Waals surface area contributed by atoms with Gasteiger partial charge >= 0.3 is 0 Å². The number of carbonyl (C=O) groups excluding carboxylic acids is 1. The monoisotopic (exact) mass is 290 g/mol. The van der Waals surface area contributed by atoms with Gasteiger partial charge in [-0.05, 0) is 31.9 Å². The summed E-state index contributed by atoms with van der Waals surface area (Å²) in [6, 6.07) is 8.31. The number of thioether (sulfide) groups is 1. The largest absolute Gasteiger partial charge is 0.368 e. The molecule has 0 radical (unpaired) electrons. The molecular weight excluding hydrogens is 272 g/mol. The second-order valence-corrected chi connectivity index (χ2v) is 6.43. The molecular formula is C14H18N4OS. The van der Waals surface area contributed by atoms with Gasteiger partial charge in [0.2, 0.25) is 5.91 Å². The minimum Gasteiger partial charge on any atom is -0.368 e. The van der Waals surface area contributed by atoms with Gasteiger partial charge in [0.1, 0.15) is 5.54 Å². The highest BCUT2D eigenvalue weighted by Gasteiger charge is 2.37. The Bertz CT molecular complexity index is 604. The van der Waals surface area contributed by atoms with Crippen LogP contribution in [0.5, 0.6) is 0 Å². The third-order valence-corrected chi connectivity index (χ3v) is 4.70. The van der Waals surface area contributed by atoms with E-state index in [0.29, 0.717) is 11.8 Å². The number of imidazole rings is 1. The van der Waals surface area contributed by atoms with E-state index in [1.165, 1.54) is 11.8 Å². The number of aromatic nitrogens is 2. The first-order chi connectivity index (χ1) is 9.57. The van der Waals surface area contributed by atoms with Crippen molar-refractivity contribution in [3.05, 3.63) is 24.3 Å². The summed E-state index contributed by atoms with van der Waals surface area (Å²) in [6.07, 6.45) is 2.25. The number of rotatable bonds is 6. The maximum Gasteiger partial charge on any atom is 0.238 e. The number of hydrogen-bond donors (Lipinski definition) is 3. The topological polar surface area (TPSA) is 83.8 Å². The van der Waals surface area contributed by atoms with Crippen LogP contribution in [0.3, 0.4) is 0 Å². The Balaban J connectivity index is 1.71. The summed E-state index contributed by atoms with van der Waals surface area (Å²) >= 11 is 1.52. The molecule has 1 atom stereocenters. The van der Waals surface area contributed by atoms with Crippen molar-refractivity contribution in [3.8, 4) is 0 Å². The summed E-state index contributed by atoms with van der Waals surface area (Å²) < 4.78 is 0. The molecule has 0 saturated heterocycles. The average molecular weight is 290 g/mol. The molecule has 1 saturated carbocycles. The highest BCUT2D eigenvalue weighted by molar-refractivity contribution is 7.99. The fourth-order valence-electron chi connectivity index (χ4n) is 2.07. The van der Waals surface area contributed by atoms with Crippen LogP contribution in [0.4, 0.5) is 0 Å². The highest BCUT2D eigenvalue weighted by Crippen LogP contribution is 2.27. The summed E-state index contributed by atoms with van der Waals surface area (Å²) in [7, 11) is 0. The van der Waals surface area contributed by atoms with Crippen LogP contribution in [-0.2, 0) is 4.79 Å². The Morgan fingerprint density at radius 3 is 2.95 bits per heavy atom. The summed E-state index contributed by atoms with van der Waals surface area (Å²) in [5, 5.41) is 4.15. The van der Waals surface area contributed by atoms with Gasteiger partial charge in [-0.1, -0.05) is 23.9 Å². The van der Waals surface area contributed by atoms with Crippen molar-refractivity contribution in [1.82, 2.24) is 15.3 Å². The first-order valence-corrected chi connectivity index (χ1v) is 7.70. The minimum atomic E-state index is -0.690. The second kappa shape index (κ2) is 5.10. The van der Waals surface area contributed by atoms with Gasteiger partial charge in [0.15, 0.2) is 5.16 Å². The summed E-state index contributed by atoms with van der Waals surface area (Å²) in [6.45, 7) is 1.86. The zero-order valence-electron chi connectivity index (χ0n) is 11.3. The van der Waals surface area contributed by atoms with Crippen molar-refractivity contribution in [3.63, 3.8) is 0 Å². The van der Waals surface area contributed by atoms with E-state index in [4.69, 9.17) is 5.73 Å². The number of nitrogens with one attached hydrogen (secondary N) is 2. The maximum atomic E-state index is 11.7. The fraction of sp³-hybridized carbons (Fsp3) is 0.429. The molecule has 106 valence electrons. The molecule has 1 aliphatic rings. The predicted molar refractivity (Wildman–Crippen MR) is 80.6 cm³/mol. The SMILES string of the molecule is CC(CSc1nc2ccccc2[nH]1)(NC1CC1)C(N)=O. The molecule has 5 nitrogen and oxygen atoms in total. The van der Waals surface area contributed by atoms with Crippen molar-refractivity contribution in [2.45, 2.75) is 36.5 Å². The van der Waals surface area contributed by atoms with E-state index in [1.807, 2.05) is 31.2 Å². The van der Waals surface area contributed by atoms with Crippen LogP contribution in [0.15, 0.2) is 29.4 Å². The standard InChI is InChI=1S/C14H18N4OS/c1-14(12(15)19,18-9-6-7-9)8-20-13-16-10-4-2-3-5-11(10)17-13/h2-5,9,18H,6-8H2,1H3,(H2,15,19)(H,16,17). The number of para-hydroxylation sites is 2. The number of H-pyrrole nitrogens is 1. The number of amides is 1. The molecule has 1 amide bonds. The quantitative estimate of drug-likeness (QED) is 0.706. The van der Waals surface area contributed by atoms with Crippen molar-refractivity contribution >= 4 is 28.7 Å². The van der Waals surface area contributed by atoms with Crippen LogP contribution in [0.1, 0.15) is 19.8 Å². The normalized spacial score (nSPS) is 18.1. The zero-order valence-corrected chi connectivity index (χ0v) is 12.2. The van der Waals surface area contributed by atoms with Crippen LogP contribution in [0, 0.1) is 0 Å². The van der Waals surface area contributed by atoms with Gasteiger partial charge < -0.3 is 16.0 Å². The Kier molecular flexibility index (Phi) is 3.43. The lowest BCUT2D eigenvalue weighted by atomic mass is 10.1. The number of carbonyl (C=O) groups is 1. The molecule has 0 spiro atoms. The Hall–Kier alpha value is -1.53. The molecule has 1 aliphatic carbocycles. The smallest absolute Gasteiger partial charge is 0.238 e. The third kappa shape index (κ3) is 2.81. The molecule has 1 fully saturated rings. The van der Waals surface area contributed by atoms with Crippen LogP contribution >= 0.6 is 11.8 Å². The van der Waals surface area contributed by atoms with E-state index in [9.17, 15) is 4.79 Å². The number of nitrogens with two attached hydrogens (primary N) is 1. The molecule has 1 unspecified atom stereocenters. The van der Waals surface area contributed by atoms with E-state index in [-0.39, 0.29) is 5.91 Å². The van der Waals surface area contributed by atoms with Crippen LogP contribution in [0.2, 0.25) is 0 Å². The van der Waals surface area contributed by atoms with Gasteiger partial charge in [0, 0.05) is 11.8 Å². The number of aromatic amines is 1. The van der Waals surface area contributed by atoms with Crippen LogP contribution in [-0.4, -0.2) is 33.2 Å². The molecule has 1 aromatic heterocycles. The molecule has 6 heteroatoms. The molecule has 20 heavy (non-hydrogen) atoms. The van der Waals surface area contributed by atoms with E-state index in [0.717, 1.165) is 29.0 Å². The first kappa shape index (κ1) is 13.5. The number of primary amides is 1. The van der Waals surface area contributed by atoms with Gasteiger partial charge in [0.25, 0.3) is 0 Å². The van der Waals surface area contributed by atoms with E-state index in [1.54, 1.807) is 0 Å². The molecule has 1 aromatic carbocycles. The number of nitrogens with zero attached hydrogens (tertiary/aromatic N) is 1. The summed E-state index contributed by atoms with van der Waals surface area (Å²) in [5.41, 5.74) is 6.79. The number of hydrogen-bond acceptors (Lipinski definition) is 4. The van der Waals surface area contributed by atoms with Crippen LogP contribution < -0.4 is 11.1 Å². The van der Waals surface area contributed by atoms with Crippen molar-refractivity contribution < 1.29 is 4.79 Å². The summed E-state index contributed by atoms with van der Waals surface area (Å²) in [4.78, 5) is 19.4. The minimum absolute atomic E-state index is 0.312. The summed E-state index contributed by atoms with van der Waals surface area (Å²) in [5.74, 6) is 0.256. The molecule has 2 aromatic rings. The van der Waals surface area contributed by atoms with E-state index in [2.05, 4.69) is 15.3 Å². The van der Waals surface area contributed by atoms with Crippen molar-refractivity contribution in [2.24, 2.45) is 5.73 Å². The van der Waals surface area contributed by atoms with Crippen molar-refractivity contribution in [2.75, 3.05) is 5.75 Å². The maximum absolute atomic E-state index is 11.7. The third-order valence-electron chi connectivity index (χ3n) is 3.51. The zero-order chi connectivity index (χ0) is 14.2. The predicted octanol–water partition coefficient (Wildman–Crippen LogP) is 1.65. The van der Waals surface area contributed by atoms with E-state index >= 15 is 0 Å². The second-order valence-electron chi connectivity index (χ2n) is 5.46. The number of fused-ring (bicyclic) bond motifs is 1. The number of benzene rings is 1. The van der Waals surface area contributed by atoms with E-state index < -0.39 is 5.54 Å². The van der Waals surface area contributed by atoms with Gasteiger partial charge in [-0.3, -0.25) is 4.79 Å². The van der Waals surface area contributed by atoms with Gasteiger partial charge in [-0.25, -0.2) is 4.98 Å². The Morgan fingerprint density at radius 2 is 2.30 bits per heavy atom. The highest BCUT2D eigenvalue weighted by atomic mass is 32.2. The van der Waals surface area contributed by atoms with Gasteiger partial charge in [0.05, 0.1) is 11.0 Å². The average Bonchev–Trinajstić information content (AvgIpc) is 3.12. The molecule has 0 bridgehead atoms. The fourth-order valence-corrected chi connectivity index (χ4v) is 3.07. The van der Waals surface area contributed by atoms with Gasteiger partial charge in [-0.2, -0.15) is 0 Å². The molecule has 0 aliphatic heterocycles. The Labute approximate surface area is 121 Å². The lowest BCUT2D eigenvalue weighted by molar-refractivity contribution is -0.123. The Morgan fingerprint density at radius 1 is 1.55 bits per heavy atom. The molecule has 4 N–H and O–H groups in total. The lowest BCUT2D eigenvalue weighted by Crippen LogP contribution is -2.55. The first-order valence-electron chi connectivity index (χ1n) is 6.72. The molecule has 3 rings (SSSR count). The van der Waals surface area contributed by atoms with Crippen molar-refractivity contribution in [1.29, 1.82) is 0 Å².